The molecule has 0 aliphatic heterocycles. The lowest BCUT2D eigenvalue weighted by Gasteiger charge is -2.09. The van der Waals surface area contributed by atoms with Crippen LogP contribution in [0.15, 0.2) is 61.2 Å². The van der Waals surface area contributed by atoms with Crippen molar-refractivity contribution in [1.82, 2.24) is 5.32 Å². The van der Waals surface area contributed by atoms with Crippen molar-refractivity contribution in [2.24, 2.45) is 0 Å². The zero-order chi connectivity index (χ0) is 19.6. The van der Waals surface area contributed by atoms with Gasteiger partial charge in [0.15, 0.2) is 0 Å². The normalized spacial score (nSPS) is 9.81. The number of hydrogen-bond donors (Lipinski definition) is 3. The molecule has 0 saturated heterocycles. The van der Waals surface area contributed by atoms with Crippen LogP contribution in [0.4, 0.5) is 11.4 Å². The lowest BCUT2D eigenvalue weighted by atomic mass is 10.2. The van der Waals surface area contributed by atoms with Crippen molar-refractivity contribution in [3.63, 3.8) is 0 Å². The van der Waals surface area contributed by atoms with Crippen molar-refractivity contribution in [2.45, 2.75) is 6.92 Å². The molecule has 0 aliphatic rings. The first-order valence-corrected chi connectivity index (χ1v) is 8.36. The van der Waals surface area contributed by atoms with Gasteiger partial charge in [-0.1, -0.05) is 6.58 Å². The van der Waals surface area contributed by atoms with Crippen LogP contribution in [0.2, 0.25) is 0 Å². The van der Waals surface area contributed by atoms with E-state index in [0.717, 1.165) is 11.8 Å². The zero-order valence-corrected chi connectivity index (χ0v) is 15.0. The smallest absolute Gasteiger partial charge is 0.251 e. The summed E-state index contributed by atoms with van der Waals surface area (Å²) in [5.41, 5.74) is 1.53. The minimum absolute atomic E-state index is 0.166. The lowest BCUT2D eigenvalue weighted by Crippen LogP contribution is -2.32. The molecule has 0 unspecified atom stereocenters. The van der Waals surface area contributed by atoms with Crippen LogP contribution in [0, 0.1) is 0 Å². The van der Waals surface area contributed by atoms with Gasteiger partial charge in [-0.2, -0.15) is 0 Å². The predicted octanol–water partition coefficient (Wildman–Crippen LogP) is 2.58. The van der Waals surface area contributed by atoms with Gasteiger partial charge >= 0.3 is 0 Å². The van der Waals surface area contributed by atoms with Gasteiger partial charge in [-0.15, -0.1) is 0 Å². The summed E-state index contributed by atoms with van der Waals surface area (Å²) in [4.78, 5) is 35.3. The van der Waals surface area contributed by atoms with Crippen LogP contribution in [0.25, 0.3) is 0 Å². The summed E-state index contributed by atoms with van der Waals surface area (Å²) in [5.74, 6) is -0.351. The van der Waals surface area contributed by atoms with E-state index < -0.39 is 5.91 Å². The Bertz CT molecular complexity index is 814. The van der Waals surface area contributed by atoms with Gasteiger partial charge in [-0.05, 0) is 61.5 Å². The van der Waals surface area contributed by atoms with E-state index in [-0.39, 0.29) is 18.4 Å². The number of benzene rings is 2. The molecule has 27 heavy (non-hydrogen) atoms. The summed E-state index contributed by atoms with van der Waals surface area (Å²) < 4.78 is 5.33. The monoisotopic (exact) mass is 367 g/mol. The molecule has 0 saturated carbocycles. The molecule has 3 amide bonds. The maximum Gasteiger partial charge on any atom is 0.251 e. The highest BCUT2D eigenvalue weighted by Gasteiger charge is 2.09. The Balaban J connectivity index is 1.82. The summed E-state index contributed by atoms with van der Waals surface area (Å²) in [6.45, 7) is 5.66. The van der Waals surface area contributed by atoms with Gasteiger partial charge in [0.25, 0.3) is 5.91 Å². The van der Waals surface area contributed by atoms with E-state index >= 15 is 0 Å². The largest absolute Gasteiger partial charge is 0.494 e. The van der Waals surface area contributed by atoms with E-state index in [4.69, 9.17) is 4.74 Å². The van der Waals surface area contributed by atoms with Crippen LogP contribution in [-0.4, -0.2) is 30.9 Å². The highest BCUT2D eigenvalue weighted by molar-refractivity contribution is 6.01. The van der Waals surface area contributed by atoms with E-state index in [1.165, 1.54) is 0 Å². The fraction of sp³-hybridized carbons (Fsp3) is 0.150. The lowest BCUT2D eigenvalue weighted by molar-refractivity contribution is -0.115. The Hall–Kier alpha value is -3.61. The van der Waals surface area contributed by atoms with Gasteiger partial charge < -0.3 is 20.7 Å². The molecule has 0 aliphatic carbocycles. The SMILES string of the molecule is C=CC(=O)Nc1ccc(C(=O)NCC(=O)Nc2ccc(OCC)cc2)cc1. The molecular weight excluding hydrogens is 346 g/mol. The molecule has 2 aromatic rings. The summed E-state index contributed by atoms with van der Waals surface area (Å²) >= 11 is 0. The second kappa shape index (κ2) is 9.76. The molecule has 7 heteroatoms. The van der Waals surface area contributed by atoms with E-state index in [1.807, 2.05) is 6.92 Å². The van der Waals surface area contributed by atoms with Gasteiger partial charge in [0.1, 0.15) is 5.75 Å². The Morgan fingerprint density at radius 1 is 0.963 bits per heavy atom. The third kappa shape index (κ3) is 6.32. The van der Waals surface area contributed by atoms with E-state index in [1.54, 1.807) is 48.5 Å². The van der Waals surface area contributed by atoms with Crippen molar-refractivity contribution in [2.75, 3.05) is 23.8 Å². The van der Waals surface area contributed by atoms with Crippen LogP contribution in [0.1, 0.15) is 17.3 Å². The maximum atomic E-state index is 12.1. The highest BCUT2D eigenvalue weighted by atomic mass is 16.5. The molecule has 2 aromatic carbocycles. The maximum absolute atomic E-state index is 12.1. The number of amides is 3. The van der Waals surface area contributed by atoms with Crippen LogP contribution in [0.5, 0.6) is 5.75 Å². The molecule has 140 valence electrons. The second-order valence-electron chi connectivity index (χ2n) is 5.46. The van der Waals surface area contributed by atoms with Crippen LogP contribution >= 0.6 is 0 Å². The van der Waals surface area contributed by atoms with Crippen molar-refractivity contribution in [3.8, 4) is 5.75 Å². The number of carbonyl (C=O) groups excluding carboxylic acids is 3. The molecule has 0 fully saturated rings. The Kier molecular flexibility index (Phi) is 7.13. The minimum atomic E-state index is -0.390. The third-order valence-electron chi connectivity index (χ3n) is 3.46. The van der Waals surface area contributed by atoms with Gasteiger partial charge in [0.2, 0.25) is 11.8 Å². The average Bonchev–Trinajstić information content (AvgIpc) is 2.68. The van der Waals surface area contributed by atoms with Gasteiger partial charge in [0, 0.05) is 16.9 Å². The minimum Gasteiger partial charge on any atom is -0.494 e. The summed E-state index contributed by atoms with van der Waals surface area (Å²) in [6, 6.07) is 13.3. The first-order chi connectivity index (χ1) is 13.0. The Morgan fingerprint density at radius 2 is 1.56 bits per heavy atom. The van der Waals surface area contributed by atoms with Crippen molar-refractivity contribution in [1.29, 1.82) is 0 Å². The van der Waals surface area contributed by atoms with E-state index in [0.29, 0.717) is 23.5 Å². The number of hydrogen-bond acceptors (Lipinski definition) is 4. The molecule has 0 aromatic heterocycles. The van der Waals surface area contributed by atoms with Crippen LogP contribution < -0.4 is 20.7 Å². The first-order valence-electron chi connectivity index (χ1n) is 8.36. The van der Waals surface area contributed by atoms with Gasteiger partial charge in [-0.25, -0.2) is 0 Å². The Labute approximate surface area is 157 Å². The standard InChI is InChI=1S/C20H21N3O4/c1-3-18(24)22-15-7-5-14(6-8-15)20(26)21-13-19(25)23-16-9-11-17(12-10-16)27-4-2/h3,5-12H,1,4,13H2,2H3,(H,21,26)(H,22,24)(H,23,25). The van der Waals surface area contributed by atoms with Crippen LogP contribution in [-0.2, 0) is 9.59 Å². The molecule has 0 radical (unpaired) electrons. The van der Waals surface area contributed by atoms with Gasteiger partial charge in [-0.3, -0.25) is 14.4 Å². The summed E-state index contributed by atoms with van der Waals surface area (Å²) in [6.07, 6.45) is 1.16. The summed E-state index contributed by atoms with van der Waals surface area (Å²) in [7, 11) is 0. The first kappa shape index (κ1) is 19.7. The van der Waals surface area contributed by atoms with E-state index in [9.17, 15) is 14.4 Å². The second-order valence-corrected chi connectivity index (χ2v) is 5.46. The Morgan fingerprint density at radius 3 is 2.15 bits per heavy atom. The highest BCUT2D eigenvalue weighted by Crippen LogP contribution is 2.15. The molecule has 2 rings (SSSR count). The van der Waals surface area contributed by atoms with Crippen molar-refractivity contribution >= 4 is 29.1 Å². The third-order valence-corrected chi connectivity index (χ3v) is 3.46. The molecule has 0 spiro atoms. The molecule has 3 N–H and O–H groups in total. The van der Waals surface area contributed by atoms with Crippen LogP contribution in [0.3, 0.4) is 0 Å². The fourth-order valence-electron chi connectivity index (χ4n) is 2.17. The number of carbonyl (C=O) groups is 3. The van der Waals surface area contributed by atoms with Crippen molar-refractivity contribution < 1.29 is 19.1 Å². The summed E-state index contributed by atoms with van der Waals surface area (Å²) in [5, 5.41) is 7.82. The predicted molar refractivity (Wildman–Crippen MR) is 104 cm³/mol. The van der Waals surface area contributed by atoms with Gasteiger partial charge in [0.05, 0.1) is 13.2 Å². The molecule has 7 nitrogen and oxygen atoms in total. The van der Waals surface area contributed by atoms with Crippen molar-refractivity contribution in [3.05, 3.63) is 66.7 Å². The quantitative estimate of drug-likeness (QED) is 0.625. The number of anilines is 2. The molecule has 0 heterocycles. The number of ether oxygens (including phenoxy) is 1. The topological polar surface area (TPSA) is 96.5 Å². The zero-order valence-electron chi connectivity index (χ0n) is 15.0. The molecular formula is C20H21N3O4. The number of rotatable bonds is 8. The number of nitrogens with one attached hydrogen (secondary N) is 3. The average molecular weight is 367 g/mol. The fourth-order valence-corrected chi connectivity index (χ4v) is 2.17. The van der Waals surface area contributed by atoms with E-state index in [2.05, 4.69) is 22.5 Å². The molecule has 0 bridgehead atoms. The molecule has 0 atom stereocenters.